The number of hydrogen-bond donors (Lipinski definition) is 0. The Bertz CT molecular complexity index is 430. The van der Waals surface area contributed by atoms with Gasteiger partial charge in [-0.3, -0.25) is 4.79 Å². The highest BCUT2D eigenvalue weighted by Gasteiger charge is 2.26. The van der Waals surface area contributed by atoms with Gasteiger partial charge in [-0.05, 0) is 26.2 Å². The fourth-order valence-electron chi connectivity index (χ4n) is 2.40. The molecule has 1 aromatic heterocycles. The van der Waals surface area contributed by atoms with E-state index in [2.05, 4.69) is 10.1 Å². The van der Waals surface area contributed by atoms with E-state index in [1.54, 1.807) is 6.92 Å². The molecule has 1 atom stereocenters. The summed E-state index contributed by atoms with van der Waals surface area (Å²) in [6.07, 6.45) is 5.84. The molecule has 0 N–H and O–H groups in total. The van der Waals surface area contributed by atoms with Gasteiger partial charge in [0.1, 0.15) is 5.92 Å². The number of thioether (sulfide) groups is 1. The molecule has 5 nitrogen and oxygen atoms in total. The van der Waals surface area contributed by atoms with Gasteiger partial charge in [0.25, 0.3) is 0 Å². The van der Waals surface area contributed by atoms with Crippen molar-refractivity contribution in [2.75, 3.05) is 6.61 Å². The van der Waals surface area contributed by atoms with Crippen LogP contribution >= 0.6 is 11.8 Å². The lowest BCUT2D eigenvalue weighted by Gasteiger charge is -2.08. The summed E-state index contributed by atoms with van der Waals surface area (Å²) in [6, 6.07) is 0. The van der Waals surface area contributed by atoms with E-state index in [0.29, 0.717) is 24.7 Å². The quantitative estimate of drug-likeness (QED) is 0.720. The SMILES string of the molecule is CCOC(=O)C(CC)c1nc(CSC2CCCC2)no1. The third kappa shape index (κ3) is 3.98. The highest BCUT2D eigenvalue weighted by atomic mass is 32.2. The predicted octanol–water partition coefficient (Wildman–Crippen LogP) is 3.30. The van der Waals surface area contributed by atoms with Crippen LogP contribution in [-0.2, 0) is 15.3 Å². The van der Waals surface area contributed by atoms with Crippen LogP contribution in [-0.4, -0.2) is 28.0 Å². The normalized spacial score (nSPS) is 17.3. The maximum atomic E-state index is 11.8. The van der Waals surface area contributed by atoms with Gasteiger partial charge in [0.2, 0.25) is 5.89 Å². The molecular weight excluding hydrogens is 276 g/mol. The first-order valence-corrected chi connectivity index (χ1v) is 8.40. The molecule has 1 aliphatic rings. The van der Waals surface area contributed by atoms with Crippen LogP contribution in [0.15, 0.2) is 4.52 Å². The molecule has 1 aliphatic carbocycles. The van der Waals surface area contributed by atoms with Crippen LogP contribution in [0.4, 0.5) is 0 Å². The van der Waals surface area contributed by atoms with Crippen LogP contribution in [0.5, 0.6) is 0 Å². The Balaban J connectivity index is 1.90. The molecule has 0 radical (unpaired) electrons. The molecule has 20 heavy (non-hydrogen) atoms. The van der Waals surface area contributed by atoms with Crippen molar-refractivity contribution in [2.45, 2.75) is 62.9 Å². The van der Waals surface area contributed by atoms with E-state index in [4.69, 9.17) is 9.26 Å². The zero-order valence-corrected chi connectivity index (χ0v) is 12.9. The van der Waals surface area contributed by atoms with E-state index in [1.807, 2.05) is 18.7 Å². The number of aromatic nitrogens is 2. The average Bonchev–Trinajstić information content (AvgIpc) is 3.09. The molecule has 1 heterocycles. The van der Waals surface area contributed by atoms with E-state index in [1.165, 1.54) is 25.7 Å². The fraction of sp³-hybridized carbons (Fsp3) is 0.786. The minimum atomic E-state index is -0.437. The first-order chi connectivity index (χ1) is 9.74. The lowest BCUT2D eigenvalue weighted by molar-refractivity contribution is -0.145. The fourth-order valence-corrected chi connectivity index (χ4v) is 3.57. The molecule has 0 bridgehead atoms. The standard InChI is InChI=1S/C14H22N2O3S/c1-3-11(14(17)18-4-2)13-15-12(16-19-13)9-20-10-7-5-6-8-10/h10-11H,3-9H2,1-2H3. The molecule has 0 saturated heterocycles. The maximum absolute atomic E-state index is 11.8. The zero-order valence-electron chi connectivity index (χ0n) is 12.1. The van der Waals surface area contributed by atoms with Gasteiger partial charge in [-0.1, -0.05) is 24.9 Å². The molecular formula is C14H22N2O3S. The van der Waals surface area contributed by atoms with Gasteiger partial charge in [0, 0.05) is 5.25 Å². The number of carbonyl (C=O) groups is 1. The van der Waals surface area contributed by atoms with Crippen LogP contribution in [0.3, 0.4) is 0 Å². The lowest BCUT2D eigenvalue weighted by atomic mass is 10.1. The number of hydrogen-bond acceptors (Lipinski definition) is 6. The molecule has 1 saturated carbocycles. The summed E-state index contributed by atoms with van der Waals surface area (Å²) in [5.41, 5.74) is 0. The Labute approximate surface area is 123 Å². The van der Waals surface area contributed by atoms with Crippen molar-refractivity contribution in [3.8, 4) is 0 Å². The van der Waals surface area contributed by atoms with Crippen molar-refractivity contribution in [1.82, 2.24) is 10.1 Å². The van der Waals surface area contributed by atoms with E-state index in [-0.39, 0.29) is 5.97 Å². The van der Waals surface area contributed by atoms with E-state index in [0.717, 1.165) is 11.0 Å². The van der Waals surface area contributed by atoms with Crippen LogP contribution < -0.4 is 0 Å². The molecule has 6 heteroatoms. The second-order valence-electron chi connectivity index (χ2n) is 4.98. The Morgan fingerprint density at radius 1 is 1.45 bits per heavy atom. The zero-order chi connectivity index (χ0) is 14.4. The molecule has 1 aromatic rings. The highest BCUT2D eigenvalue weighted by molar-refractivity contribution is 7.99. The minimum absolute atomic E-state index is 0.284. The van der Waals surface area contributed by atoms with Crippen LogP contribution in [0.1, 0.15) is 63.6 Å². The molecule has 2 rings (SSSR count). The second-order valence-corrected chi connectivity index (χ2v) is 6.27. The Kier molecular flexibility index (Phi) is 5.88. The Morgan fingerprint density at radius 2 is 2.20 bits per heavy atom. The number of nitrogens with zero attached hydrogens (tertiary/aromatic N) is 2. The van der Waals surface area contributed by atoms with E-state index >= 15 is 0 Å². The van der Waals surface area contributed by atoms with Gasteiger partial charge in [0.05, 0.1) is 12.4 Å². The number of rotatable bonds is 7. The molecule has 0 amide bonds. The summed E-state index contributed by atoms with van der Waals surface area (Å²) >= 11 is 1.89. The van der Waals surface area contributed by atoms with Crippen molar-refractivity contribution in [3.05, 3.63) is 11.7 Å². The first-order valence-electron chi connectivity index (χ1n) is 7.35. The molecule has 112 valence electrons. The smallest absolute Gasteiger partial charge is 0.318 e. The summed E-state index contributed by atoms with van der Waals surface area (Å²) in [5.74, 6) is 1.10. The monoisotopic (exact) mass is 298 g/mol. The minimum Gasteiger partial charge on any atom is -0.465 e. The highest BCUT2D eigenvalue weighted by Crippen LogP contribution is 2.31. The van der Waals surface area contributed by atoms with Gasteiger partial charge in [-0.25, -0.2) is 0 Å². The van der Waals surface area contributed by atoms with E-state index < -0.39 is 5.92 Å². The maximum Gasteiger partial charge on any atom is 0.318 e. The predicted molar refractivity (Wildman–Crippen MR) is 77.5 cm³/mol. The van der Waals surface area contributed by atoms with Crippen molar-refractivity contribution >= 4 is 17.7 Å². The third-order valence-electron chi connectivity index (χ3n) is 3.51. The van der Waals surface area contributed by atoms with Gasteiger partial charge >= 0.3 is 5.97 Å². The van der Waals surface area contributed by atoms with Crippen LogP contribution in [0.25, 0.3) is 0 Å². The summed E-state index contributed by atoms with van der Waals surface area (Å²) in [5, 5.41) is 4.70. The Morgan fingerprint density at radius 3 is 2.85 bits per heavy atom. The summed E-state index contributed by atoms with van der Waals surface area (Å²) < 4.78 is 10.3. The van der Waals surface area contributed by atoms with Crippen molar-refractivity contribution < 1.29 is 14.1 Å². The van der Waals surface area contributed by atoms with Gasteiger partial charge in [-0.2, -0.15) is 16.7 Å². The van der Waals surface area contributed by atoms with Gasteiger partial charge in [-0.15, -0.1) is 0 Å². The van der Waals surface area contributed by atoms with Crippen molar-refractivity contribution in [3.63, 3.8) is 0 Å². The number of esters is 1. The molecule has 0 spiro atoms. The number of carbonyl (C=O) groups excluding carboxylic acids is 1. The summed E-state index contributed by atoms with van der Waals surface area (Å²) in [7, 11) is 0. The molecule has 0 aliphatic heterocycles. The number of ether oxygens (including phenoxy) is 1. The van der Waals surface area contributed by atoms with Gasteiger partial charge in [0.15, 0.2) is 5.82 Å². The lowest BCUT2D eigenvalue weighted by Crippen LogP contribution is -2.15. The topological polar surface area (TPSA) is 65.2 Å². The van der Waals surface area contributed by atoms with Crippen LogP contribution in [0.2, 0.25) is 0 Å². The third-order valence-corrected chi connectivity index (χ3v) is 4.88. The first kappa shape index (κ1) is 15.4. The van der Waals surface area contributed by atoms with Crippen molar-refractivity contribution in [2.24, 2.45) is 0 Å². The Hall–Kier alpha value is -1.04. The van der Waals surface area contributed by atoms with E-state index in [9.17, 15) is 4.79 Å². The largest absolute Gasteiger partial charge is 0.465 e. The van der Waals surface area contributed by atoms with Gasteiger partial charge < -0.3 is 9.26 Å². The average molecular weight is 298 g/mol. The van der Waals surface area contributed by atoms with Crippen molar-refractivity contribution in [1.29, 1.82) is 0 Å². The molecule has 1 fully saturated rings. The second kappa shape index (κ2) is 7.67. The van der Waals surface area contributed by atoms with Crippen LogP contribution in [0, 0.1) is 0 Å². The molecule has 0 aromatic carbocycles. The molecule has 1 unspecified atom stereocenters. The summed E-state index contributed by atoms with van der Waals surface area (Å²) in [6.45, 7) is 4.08. The summed E-state index contributed by atoms with van der Waals surface area (Å²) in [4.78, 5) is 16.1.